The summed E-state index contributed by atoms with van der Waals surface area (Å²) in [7, 11) is 0. The molecule has 3 aromatic rings. The summed E-state index contributed by atoms with van der Waals surface area (Å²) in [6, 6.07) is 18.8. The van der Waals surface area contributed by atoms with Crippen molar-refractivity contribution in [2.75, 3.05) is 0 Å². The smallest absolute Gasteiger partial charge is 0.352 e. The van der Waals surface area contributed by atoms with E-state index in [9.17, 15) is 14.7 Å². The number of hydrogen-bond acceptors (Lipinski definition) is 3. The van der Waals surface area contributed by atoms with Gasteiger partial charge in [-0.05, 0) is 36.4 Å². The van der Waals surface area contributed by atoms with Gasteiger partial charge in [0.2, 0.25) is 0 Å². The fourth-order valence-electron chi connectivity index (χ4n) is 2.30. The zero-order valence-electron chi connectivity index (χ0n) is 13.5. The largest absolute Gasteiger partial charge is 0.477 e. The number of benzene rings is 2. The van der Waals surface area contributed by atoms with Gasteiger partial charge < -0.3 is 14.8 Å². The average molecular weight is 368 g/mol. The van der Waals surface area contributed by atoms with E-state index in [1.54, 1.807) is 60.7 Å². The number of carboxylic acids is 1. The van der Waals surface area contributed by atoms with Crippen LogP contribution < -0.4 is 5.32 Å². The van der Waals surface area contributed by atoms with Crippen LogP contribution >= 0.6 is 11.6 Å². The van der Waals surface area contributed by atoms with Crippen LogP contribution in [-0.4, -0.2) is 17.0 Å². The van der Waals surface area contributed by atoms with Gasteiger partial charge in [-0.25, -0.2) is 4.79 Å². The predicted octanol–water partition coefficient (Wildman–Crippen LogP) is 4.46. The molecule has 0 fully saturated rings. The van der Waals surface area contributed by atoms with Gasteiger partial charge in [-0.2, -0.15) is 0 Å². The van der Waals surface area contributed by atoms with E-state index in [0.29, 0.717) is 22.1 Å². The van der Waals surface area contributed by atoms with E-state index in [2.05, 4.69) is 5.32 Å². The average Bonchev–Trinajstić information content (AvgIpc) is 3.10. The number of halogens is 1. The van der Waals surface area contributed by atoms with Crippen molar-refractivity contribution in [2.45, 2.75) is 0 Å². The molecule has 1 amide bonds. The van der Waals surface area contributed by atoms with E-state index >= 15 is 0 Å². The Hall–Kier alpha value is -3.31. The van der Waals surface area contributed by atoms with Gasteiger partial charge in [0, 0.05) is 22.2 Å². The van der Waals surface area contributed by atoms with Crippen molar-refractivity contribution in [1.29, 1.82) is 0 Å². The molecule has 0 bridgehead atoms. The Morgan fingerprint density at radius 3 is 2.46 bits per heavy atom. The third kappa shape index (κ3) is 4.20. The number of amides is 1. The van der Waals surface area contributed by atoms with E-state index in [4.69, 9.17) is 16.0 Å². The first-order valence-electron chi connectivity index (χ1n) is 7.70. The summed E-state index contributed by atoms with van der Waals surface area (Å²) in [5.41, 5.74) is 0.840. The molecule has 2 N–H and O–H groups in total. The lowest BCUT2D eigenvalue weighted by molar-refractivity contribution is -0.132. The lowest BCUT2D eigenvalue weighted by Crippen LogP contribution is -2.27. The summed E-state index contributed by atoms with van der Waals surface area (Å²) in [5.74, 6) is -0.945. The first-order chi connectivity index (χ1) is 12.5. The Balaban J connectivity index is 1.84. The normalized spacial score (nSPS) is 11.2. The highest BCUT2D eigenvalue weighted by Gasteiger charge is 2.14. The van der Waals surface area contributed by atoms with Crippen molar-refractivity contribution in [1.82, 2.24) is 5.32 Å². The second-order valence-corrected chi connectivity index (χ2v) is 5.83. The molecule has 0 unspecified atom stereocenters. The summed E-state index contributed by atoms with van der Waals surface area (Å²) < 4.78 is 5.64. The number of rotatable bonds is 5. The molecular weight excluding hydrogens is 354 g/mol. The minimum atomic E-state index is -1.27. The van der Waals surface area contributed by atoms with Crippen LogP contribution in [0.25, 0.3) is 17.4 Å². The fraction of sp³-hybridized carbons (Fsp3) is 0. The topological polar surface area (TPSA) is 79.5 Å². The van der Waals surface area contributed by atoms with E-state index in [1.165, 1.54) is 6.08 Å². The van der Waals surface area contributed by atoms with Crippen molar-refractivity contribution in [2.24, 2.45) is 0 Å². The monoisotopic (exact) mass is 367 g/mol. The number of hydrogen-bond donors (Lipinski definition) is 2. The molecule has 0 radical (unpaired) electrons. The lowest BCUT2D eigenvalue weighted by atomic mass is 10.2. The van der Waals surface area contributed by atoms with Crippen molar-refractivity contribution >= 4 is 29.6 Å². The molecule has 0 aliphatic carbocycles. The number of furan rings is 1. The molecule has 130 valence electrons. The Labute approximate surface area is 154 Å². The maximum atomic E-state index is 12.2. The molecule has 2 aromatic carbocycles. The van der Waals surface area contributed by atoms with Crippen molar-refractivity contribution in [3.8, 4) is 11.3 Å². The van der Waals surface area contributed by atoms with E-state index in [0.717, 1.165) is 5.56 Å². The van der Waals surface area contributed by atoms with E-state index in [1.807, 2.05) is 6.07 Å². The third-order valence-corrected chi connectivity index (χ3v) is 3.77. The van der Waals surface area contributed by atoms with Crippen molar-refractivity contribution in [3.63, 3.8) is 0 Å². The molecule has 6 heteroatoms. The number of carbonyl (C=O) groups is 2. The highest BCUT2D eigenvalue weighted by atomic mass is 35.5. The maximum absolute atomic E-state index is 12.2. The number of nitrogens with one attached hydrogen (secondary N) is 1. The number of carbonyl (C=O) groups excluding carboxylic acids is 1. The van der Waals surface area contributed by atoms with E-state index < -0.39 is 11.9 Å². The van der Waals surface area contributed by atoms with Crippen molar-refractivity contribution < 1.29 is 19.1 Å². The molecule has 0 aliphatic rings. The zero-order chi connectivity index (χ0) is 18.5. The Morgan fingerprint density at radius 1 is 1.00 bits per heavy atom. The third-order valence-electron chi connectivity index (χ3n) is 3.54. The van der Waals surface area contributed by atoms with Crippen LogP contribution in [0.15, 0.2) is 76.8 Å². The molecular formula is C20H14ClNO4. The minimum Gasteiger partial charge on any atom is -0.477 e. The summed E-state index contributed by atoms with van der Waals surface area (Å²) >= 11 is 5.96. The van der Waals surface area contributed by atoms with Gasteiger partial charge >= 0.3 is 5.97 Å². The van der Waals surface area contributed by atoms with Crippen LogP contribution in [0.4, 0.5) is 0 Å². The summed E-state index contributed by atoms with van der Waals surface area (Å²) in [5, 5.41) is 12.3. The van der Waals surface area contributed by atoms with Gasteiger partial charge in [-0.3, -0.25) is 4.79 Å². The first-order valence-corrected chi connectivity index (χ1v) is 8.08. The standard InChI is InChI=1S/C20H14ClNO4/c21-15-8-4-7-14(11-15)18-10-9-16(26-18)12-17(20(24)25)22-19(23)13-5-2-1-3-6-13/h1-12H,(H,22,23)(H,24,25)/b17-12+. The van der Waals surface area contributed by atoms with Gasteiger partial charge in [-0.15, -0.1) is 0 Å². The minimum absolute atomic E-state index is 0.286. The zero-order valence-corrected chi connectivity index (χ0v) is 14.2. The van der Waals surface area contributed by atoms with Crippen LogP contribution in [0.2, 0.25) is 5.02 Å². The summed E-state index contributed by atoms with van der Waals surface area (Å²) in [6.45, 7) is 0. The van der Waals surface area contributed by atoms with Gasteiger partial charge in [0.05, 0.1) is 0 Å². The Morgan fingerprint density at radius 2 is 1.77 bits per heavy atom. The molecule has 0 atom stereocenters. The number of aliphatic carboxylic acids is 1. The van der Waals surface area contributed by atoms with Crippen LogP contribution in [0, 0.1) is 0 Å². The van der Waals surface area contributed by atoms with Crippen LogP contribution in [0.1, 0.15) is 16.1 Å². The second-order valence-electron chi connectivity index (χ2n) is 5.40. The summed E-state index contributed by atoms with van der Waals surface area (Å²) in [6.07, 6.45) is 1.26. The van der Waals surface area contributed by atoms with Crippen LogP contribution in [0.3, 0.4) is 0 Å². The fourth-order valence-corrected chi connectivity index (χ4v) is 2.50. The quantitative estimate of drug-likeness (QED) is 0.653. The molecule has 1 heterocycles. The SMILES string of the molecule is O=C(O)/C(=C\c1ccc(-c2cccc(Cl)c2)o1)NC(=O)c1ccccc1. The molecule has 3 rings (SSSR count). The van der Waals surface area contributed by atoms with Crippen LogP contribution in [0.5, 0.6) is 0 Å². The van der Waals surface area contributed by atoms with Crippen LogP contribution in [-0.2, 0) is 4.79 Å². The predicted molar refractivity (Wildman–Crippen MR) is 98.7 cm³/mol. The van der Waals surface area contributed by atoms with Gasteiger partial charge in [0.1, 0.15) is 17.2 Å². The molecule has 0 saturated heterocycles. The Kier molecular flexibility index (Phi) is 5.20. The molecule has 1 aromatic heterocycles. The van der Waals surface area contributed by atoms with Gasteiger partial charge in [0.15, 0.2) is 0 Å². The summed E-state index contributed by atoms with van der Waals surface area (Å²) in [4.78, 5) is 23.6. The molecule has 5 nitrogen and oxygen atoms in total. The van der Waals surface area contributed by atoms with Gasteiger partial charge in [0.25, 0.3) is 5.91 Å². The molecule has 0 aliphatic heterocycles. The molecule has 0 saturated carbocycles. The Bertz CT molecular complexity index is 976. The highest BCUT2D eigenvalue weighted by molar-refractivity contribution is 6.30. The van der Waals surface area contributed by atoms with Gasteiger partial charge in [-0.1, -0.05) is 41.9 Å². The highest BCUT2D eigenvalue weighted by Crippen LogP contribution is 2.25. The first kappa shape index (κ1) is 17.5. The molecule has 0 spiro atoms. The molecule has 26 heavy (non-hydrogen) atoms. The van der Waals surface area contributed by atoms with Crippen molar-refractivity contribution in [3.05, 3.63) is 88.8 Å². The maximum Gasteiger partial charge on any atom is 0.352 e. The second kappa shape index (κ2) is 7.72. The van der Waals surface area contributed by atoms with E-state index in [-0.39, 0.29) is 5.70 Å². The lowest BCUT2D eigenvalue weighted by Gasteiger charge is -2.05. The number of carboxylic acid groups (broad SMARTS) is 1.